The van der Waals surface area contributed by atoms with E-state index in [4.69, 9.17) is 4.42 Å². The first-order valence-corrected chi connectivity index (χ1v) is 8.72. The fourth-order valence-corrected chi connectivity index (χ4v) is 3.36. The summed E-state index contributed by atoms with van der Waals surface area (Å²) in [6.45, 7) is 0. The molecule has 1 N–H and O–H groups in total. The van der Waals surface area contributed by atoms with E-state index in [1.54, 1.807) is 0 Å². The SMILES string of the molecule is C1=CC(c2ccccc2)CC=C1c1nnc(-c2cc3ccccc3[nH]2)o1. The summed E-state index contributed by atoms with van der Waals surface area (Å²) in [5.41, 5.74) is 4.20. The molecule has 4 aromatic rings. The van der Waals surface area contributed by atoms with Crippen LogP contribution in [-0.4, -0.2) is 15.2 Å². The van der Waals surface area contributed by atoms with Crippen molar-refractivity contribution in [3.63, 3.8) is 0 Å². The average molecular weight is 339 g/mol. The van der Waals surface area contributed by atoms with Gasteiger partial charge in [0.25, 0.3) is 5.89 Å². The van der Waals surface area contributed by atoms with Crippen molar-refractivity contribution in [2.75, 3.05) is 0 Å². The molecule has 0 saturated carbocycles. The quantitative estimate of drug-likeness (QED) is 0.548. The molecule has 0 spiro atoms. The second-order valence-electron chi connectivity index (χ2n) is 6.45. The van der Waals surface area contributed by atoms with Gasteiger partial charge in [0.1, 0.15) is 5.69 Å². The number of allylic oxidation sites excluding steroid dienone is 4. The number of aromatic amines is 1. The molecule has 26 heavy (non-hydrogen) atoms. The molecule has 2 aromatic heterocycles. The number of rotatable bonds is 3. The molecule has 5 rings (SSSR count). The molecular weight excluding hydrogens is 322 g/mol. The summed E-state index contributed by atoms with van der Waals surface area (Å²) in [6, 6.07) is 20.7. The average Bonchev–Trinajstić information content (AvgIpc) is 3.36. The number of fused-ring (bicyclic) bond motifs is 1. The first-order chi connectivity index (χ1) is 12.9. The van der Waals surface area contributed by atoms with Gasteiger partial charge in [-0.15, -0.1) is 10.2 Å². The first-order valence-electron chi connectivity index (χ1n) is 8.72. The Bertz CT molecular complexity index is 1090. The van der Waals surface area contributed by atoms with Gasteiger partial charge in [-0.25, -0.2) is 0 Å². The van der Waals surface area contributed by atoms with Crippen molar-refractivity contribution in [1.29, 1.82) is 0 Å². The zero-order valence-corrected chi connectivity index (χ0v) is 14.1. The van der Waals surface area contributed by atoms with Crippen molar-refractivity contribution >= 4 is 16.5 Å². The summed E-state index contributed by atoms with van der Waals surface area (Å²) < 4.78 is 5.91. The van der Waals surface area contributed by atoms with E-state index in [0.29, 0.717) is 17.7 Å². The highest BCUT2D eigenvalue weighted by Gasteiger charge is 2.17. The Hall–Kier alpha value is -3.40. The topological polar surface area (TPSA) is 54.7 Å². The molecule has 4 heteroatoms. The molecule has 0 saturated heterocycles. The summed E-state index contributed by atoms with van der Waals surface area (Å²) in [4.78, 5) is 3.32. The summed E-state index contributed by atoms with van der Waals surface area (Å²) in [5.74, 6) is 1.47. The minimum atomic E-state index is 0.399. The molecule has 0 amide bonds. The minimum Gasteiger partial charge on any atom is -0.415 e. The Morgan fingerprint density at radius 3 is 2.54 bits per heavy atom. The zero-order chi connectivity index (χ0) is 17.3. The second-order valence-corrected chi connectivity index (χ2v) is 6.45. The van der Waals surface area contributed by atoms with Gasteiger partial charge in [-0.2, -0.15) is 0 Å². The lowest BCUT2D eigenvalue weighted by molar-refractivity contribution is 0.552. The third-order valence-corrected chi connectivity index (χ3v) is 4.76. The molecule has 2 heterocycles. The molecule has 0 aliphatic heterocycles. The van der Waals surface area contributed by atoms with E-state index in [1.807, 2.05) is 30.3 Å². The van der Waals surface area contributed by atoms with Gasteiger partial charge in [0.05, 0.1) is 0 Å². The number of hydrogen-bond donors (Lipinski definition) is 1. The largest absolute Gasteiger partial charge is 0.415 e. The molecular formula is C22H17N3O. The highest BCUT2D eigenvalue weighted by atomic mass is 16.4. The fraction of sp³-hybridized carbons (Fsp3) is 0.0909. The first kappa shape index (κ1) is 14.9. The second kappa shape index (κ2) is 6.15. The smallest absolute Gasteiger partial charge is 0.264 e. The normalized spacial score (nSPS) is 16.8. The van der Waals surface area contributed by atoms with Gasteiger partial charge in [-0.3, -0.25) is 0 Å². The number of nitrogens with one attached hydrogen (secondary N) is 1. The van der Waals surface area contributed by atoms with Gasteiger partial charge in [-0.1, -0.05) is 66.8 Å². The van der Waals surface area contributed by atoms with E-state index >= 15 is 0 Å². The van der Waals surface area contributed by atoms with Gasteiger partial charge in [0.15, 0.2) is 0 Å². The predicted molar refractivity (Wildman–Crippen MR) is 103 cm³/mol. The van der Waals surface area contributed by atoms with Crippen LogP contribution in [0.5, 0.6) is 0 Å². The predicted octanol–water partition coefficient (Wildman–Crippen LogP) is 5.35. The van der Waals surface area contributed by atoms with Crippen molar-refractivity contribution in [1.82, 2.24) is 15.2 Å². The van der Waals surface area contributed by atoms with Crippen LogP contribution < -0.4 is 0 Å². The van der Waals surface area contributed by atoms with Gasteiger partial charge in [-0.05, 0) is 24.1 Å². The van der Waals surface area contributed by atoms with Gasteiger partial charge < -0.3 is 9.40 Å². The van der Waals surface area contributed by atoms with Crippen LogP contribution in [0, 0.1) is 0 Å². The maximum atomic E-state index is 5.91. The van der Waals surface area contributed by atoms with Crippen molar-refractivity contribution in [3.8, 4) is 11.6 Å². The van der Waals surface area contributed by atoms with E-state index in [0.717, 1.165) is 28.6 Å². The molecule has 0 fully saturated rings. The molecule has 1 unspecified atom stereocenters. The molecule has 126 valence electrons. The standard InChI is InChI=1S/C22H17N3O/c1-2-6-15(7-3-1)16-10-12-17(13-11-16)21-24-25-22(26-21)20-14-18-8-4-5-9-19(18)23-20/h1-10,12-14,16,23H,11H2. The summed E-state index contributed by atoms with van der Waals surface area (Å²) in [7, 11) is 0. The van der Waals surface area contributed by atoms with Crippen molar-refractivity contribution in [3.05, 3.63) is 90.3 Å². The van der Waals surface area contributed by atoms with Crippen molar-refractivity contribution < 1.29 is 4.42 Å². The maximum Gasteiger partial charge on any atom is 0.264 e. The van der Waals surface area contributed by atoms with Crippen LogP contribution in [0.4, 0.5) is 0 Å². The number of hydrogen-bond acceptors (Lipinski definition) is 3. The van der Waals surface area contributed by atoms with E-state index in [-0.39, 0.29) is 0 Å². The minimum absolute atomic E-state index is 0.399. The number of aromatic nitrogens is 3. The number of benzene rings is 2. The molecule has 4 nitrogen and oxygen atoms in total. The monoisotopic (exact) mass is 339 g/mol. The summed E-state index contributed by atoms with van der Waals surface area (Å²) in [6.07, 6.45) is 7.38. The highest BCUT2D eigenvalue weighted by molar-refractivity contribution is 5.84. The molecule has 1 aliphatic rings. The van der Waals surface area contributed by atoms with Crippen LogP contribution in [0.15, 0.2) is 83.3 Å². The lowest BCUT2D eigenvalue weighted by Gasteiger charge is -2.15. The Balaban J connectivity index is 1.39. The van der Waals surface area contributed by atoms with E-state index in [9.17, 15) is 0 Å². The van der Waals surface area contributed by atoms with Gasteiger partial charge in [0, 0.05) is 22.4 Å². The molecule has 0 radical (unpaired) electrons. The van der Waals surface area contributed by atoms with Gasteiger partial charge >= 0.3 is 0 Å². The Morgan fingerprint density at radius 1 is 0.923 bits per heavy atom. The fourth-order valence-electron chi connectivity index (χ4n) is 3.36. The maximum absolute atomic E-state index is 5.91. The summed E-state index contributed by atoms with van der Waals surface area (Å²) in [5, 5.41) is 9.57. The van der Waals surface area contributed by atoms with E-state index in [1.165, 1.54) is 5.56 Å². The van der Waals surface area contributed by atoms with Crippen molar-refractivity contribution in [2.45, 2.75) is 12.3 Å². The Labute approximate surface area is 150 Å². The van der Waals surface area contributed by atoms with Crippen LogP contribution in [0.1, 0.15) is 23.8 Å². The van der Waals surface area contributed by atoms with E-state index in [2.05, 4.69) is 63.7 Å². The number of H-pyrrole nitrogens is 1. The highest BCUT2D eigenvalue weighted by Crippen LogP contribution is 2.31. The molecule has 2 aromatic carbocycles. The Kier molecular flexibility index (Phi) is 3.53. The third-order valence-electron chi connectivity index (χ3n) is 4.76. The Morgan fingerprint density at radius 2 is 1.73 bits per heavy atom. The van der Waals surface area contributed by atoms with Crippen LogP contribution in [0.3, 0.4) is 0 Å². The van der Waals surface area contributed by atoms with E-state index < -0.39 is 0 Å². The lowest BCUT2D eigenvalue weighted by atomic mass is 9.90. The van der Waals surface area contributed by atoms with Crippen LogP contribution in [-0.2, 0) is 0 Å². The van der Waals surface area contributed by atoms with Crippen molar-refractivity contribution in [2.24, 2.45) is 0 Å². The zero-order valence-electron chi connectivity index (χ0n) is 14.1. The third kappa shape index (κ3) is 2.65. The number of nitrogens with zero attached hydrogens (tertiary/aromatic N) is 2. The lowest BCUT2D eigenvalue weighted by Crippen LogP contribution is -1.98. The summed E-state index contributed by atoms with van der Waals surface area (Å²) >= 11 is 0. The van der Waals surface area contributed by atoms with Crippen LogP contribution in [0.2, 0.25) is 0 Å². The molecule has 1 aliphatic carbocycles. The number of para-hydroxylation sites is 1. The van der Waals surface area contributed by atoms with Crippen LogP contribution in [0.25, 0.3) is 28.1 Å². The molecule has 1 atom stereocenters. The van der Waals surface area contributed by atoms with Gasteiger partial charge in [0.2, 0.25) is 5.89 Å². The molecule has 0 bridgehead atoms. The van der Waals surface area contributed by atoms with Crippen LogP contribution >= 0.6 is 0 Å².